The lowest BCUT2D eigenvalue weighted by Gasteiger charge is -2.34. The van der Waals surface area contributed by atoms with Crippen LogP contribution in [0.4, 0.5) is 0 Å². The van der Waals surface area contributed by atoms with Crippen molar-refractivity contribution < 1.29 is 13.2 Å². The lowest BCUT2D eigenvalue weighted by Crippen LogP contribution is -2.40. The highest BCUT2D eigenvalue weighted by molar-refractivity contribution is 7.91. The van der Waals surface area contributed by atoms with Crippen molar-refractivity contribution in [2.45, 2.75) is 6.42 Å². The van der Waals surface area contributed by atoms with Gasteiger partial charge in [-0.05, 0) is 11.6 Å². The van der Waals surface area contributed by atoms with E-state index in [4.69, 9.17) is 0 Å². The van der Waals surface area contributed by atoms with Gasteiger partial charge in [0.1, 0.15) is 11.6 Å². The molecule has 0 atom stereocenters. The van der Waals surface area contributed by atoms with Crippen LogP contribution in [0.2, 0.25) is 0 Å². The molecule has 0 bridgehead atoms. The number of carbonyl (C=O) groups is 1. The highest BCUT2D eigenvalue weighted by Gasteiger charge is 2.32. The summed E-state index contributed by atoms with van der Waals surface area (Å²) in [6, 6.07) is 3.76. The Morgan fingerprint density at radius 1 is 1.29 bits per heavy atom. The molecule has 2 heterocycles. The van der Waals surface area contributed by atoms with Gasteiger partial charge in [0.05, 0.1) is 17.2 Å². The lowest BCUT2D eigenvalue weighted by atomic mass is 9.89. The van der Waals surface area contributed by atoms with Crippen LogP contribution >= 0.6 is 0 Å². The summed E-state index contributed by atoms with van der Waals surface area (Å²) < 4.78 is 23.1. The smallest absolute Gasteiger partial charge is 0.179 e. The van der Waals surface area contributed by atoms with Crippen LogP contribution in [0.25, 0.3) is 5.70 Å². The number of sulfone groups is 1. The molecule has 3 rings (SSSR count). The average molecular weight is 303 g/mol. The predicted molar refractivity (Wildman–Crippen MR) is 75.7 cm³/mol. The molecule has 6 nitrogen and oxygen atoms in total. The van der Waals surface area contributed by atoms with E-state index < -0.39 is 9.84 Å². The van der Waals surface area contributed by atoms with Gasteiger partial charge in [0.25, 0.3) is 0 Å². The Hall–Kier alpha value is -2.20. The molecule has 0 amide bonds. The second kappa shape index (κ2) is 4.97. The van der Waals surface area contributed by atoms with Gasteiger partial charge in [0.15, 0.2) is 15.6 Å². The van der Waals surface area contributed by atoms with Gasteiger partial charge in [-0.25, -0.2) is 8.42 Å². The number of nitriles is 1. The summed E-state index contributed by atoms with van der Waals surface area (Å²) in [6.07, 6.45) is 3.41. The molecule has 1 aromatic heterocycles. The second-order valence-corrected chi connectivity index (χ2v) is 7.41. The minimum absolute atomic E-state index is 0.0455. The molecule has 0 spiro atoms. The van der Waals surface area contributed by atoms with Crippen molar-refractivity contribution in [2.24, 2.45) is 0 Å². The zero-order valence-corrected chi connectivity index (χ0v) is 12.1. The van der Waals surface area contributed by atoms with E-state index in [1.165, 1.54) is 0 Å². The fourth-order valence-corrected chi connectivity index (χ4v) is 3.91. The fourth-order valence-electron chi connectivity index (χ4n) is 2.71. The number of rotatable bonds is 1. The lowest BCUT2D eigenvalue weighted by molar-refractivity contribution is -0.114. The maximum atomic E-state index is 12.1. The molecule has 21 heavy (non-hydrogen) atoms. The van der Waals surface area contributed by atoms with Gasteiger partial charge < -0.3 is 4.90 Å². The van der Waals surface area contributed by atoms with Crippen molar-refractivity contribution in [2.75, 3.05) is 24.6 Å². The van der Waals surface area contributed by atoms with Crippen LogP contribution in [0, 0.1) is 11.3 Å². The molecule has 2 aliphatic rings. The molecule has 0 aromatic carbocycles. The highest BCUT2D eigenvalue weighted by Crippen LogP contribution is 2.32. The van der Waals surface area contributed by atoms with Crippen LogP contribution in [-0.2, 0) is 21.1 Å². The molecular weight excluding hydrogens is 290 g/mol. The number of nitrogens with zero attached hydrogens (tertiary/aromatic N) is 3. The Morgan fingerprint density at radius 3 is 2.67 bits per heavy atom. The Bertz CT molecular complexity index is 776. The van der Waals surface area contributed by atoms with Gasteiger partial charge in [-0.15, -0.1) is 0 Å². The average Bonchev–Trinajstić information content (AvgIpc) is 2.46. The van der Waals surface area contributed by atoms with E-state index in [2.05, 4.69) is 4.98 Å². The first kappa shape index (κ1) is 13.8. The molecule has 0 unspecified atom stereocenters. The van der Waals surface area contributed by atoms with E-state index in [1.54, 1.807) is 18.5 Å². The molecule has 0 saturated carbocycles. The minimum atomic E-state index is -3.01. The molecule has 0 N–H and O–H groups in total. The minimum Gasteiger partial charge on any atom is -0.368 e. The SMILES string of the molecule is N#CC1=C(N2CCS(=O)(=O)CC2)c2ccncc2CC1=O. The summed E-state index contributed by atoms with van der Waals surface area (Å²) in [6.45, 7) is 0.607. The number of carbonyl (C=O) groups excluding carboxylic acids is 1. The summed E-state index contributed by atoms with van der Waals surface area (Å²) in [5.41, 5.74) is 2.26. The maximum Gasteiger partial charge on any atom is 0.179 e. The van der Waals surface area contributed by atoms with Crippen molar-refractivity contribution >= 4 is 21.3 Å². The van der Waals surface area contributed by atoms with Gasteiger partial charge in [0.2, 0.25) is 0 Å². The van der Waals surface area contributed by atoms with Gasteiger partial charge >= 0.3 is 0 Å². The second-order valence-electron chi connectivity index (χ2n) is 5.11. The van der Waals surface area contributed by atoms with Crippen LogP contribution < -0.4 is 0 Å². The van der Waals surface area contributed by atoms with E-state index in [0.717, 1.165) is 11.1 Å². The van der Waals surface area contributed by atoms with Crippen LogP contribution in [0.15, 0.2) is 24.0 Å². The summed E-state index contributed by atoms with van der Waals surface area (Å²) in [4.78, 5) is 18.0. The Kier molecular flexibility index (Phi) is 3.26. The third-order valence-electron chi connectivity index (χ3n) is 3.80. The number of aromatic nitrogens is 1. The zero-order valence-electron chi connectivity index (χ0n) is 11.2. The van der Waals surface area contributed by atoms with Crippen molar-refractivity contribution in [3.63, 3.8) is 0 Å². The summed E-state index contributed by atoms with van der Waals surface area (Å²) in [7, 11) is -3.01. The Morgan fingerprint density at radius 2 is 2.00 bits per heavy atom. The van der Waals surface area contributed by atoms with Gasteiger partial charge in [0, 0.05) is 37.5 Å². The van der Waals surface area contributed by atoms with Crippen molar-refractivity contribution in [1.29, 1.82) is 5.26 Å². The number of ketones is 1. The maximum absolute atomic E-state index is 12.1. The monoisotopic (exact) mass is 303 g/mol. The third kappa shape index (κ3) is 2.43. The number of hydrogen-bond acceptors (Lipinski definition) is 6. The predicted octanol–water partition coefficient (Wildman–Crippen LogP) is 0.172. The van der Waals surface area contributed by atoms with Crippen LogP contribution in [0.1, 0.15) is 11.1 Å². The van der Waals surface area contributed by atoms with Gasteiger partial charge in [-0.2, -0.15) is 5.26 Å². The largest absolute Gasteiger partial charge is 0.368 e. The quantitative estimate of drug-likeness (QED) is 0.734. The van der Waals surface area contributed by atoms with Gasteiger partial charge in [-0.3, -0.25) is 9.78 Å². The standard InChI is InChI=1S/C14H13N3O3S/c15-8-12-13(18)7-10-9-16-2-1-11(10)14(12)17-3-5-21(19,20)6-4-17/h1-2,9H,3-7H2. The number of hydrogen-bond donors (Lipinski definition) is 0. The molecule has 108 valence electrons. The van der Waals surface area contributed by atoms with Crippen LogP contribution in [0.3, 0.4) is 0 Å². The number of pyridine rings is 1. The summed E-state index contributed by atoms with van der Waals surface area (Å²) >= 11 is 0. The molecule has 1 saturated heterocycles. The molecule has 1 aliphatic carbocycles. The van der Waals surface area contributed by atoms with Crippen molar-refractivity contribution in [3.8, 4) is 6.07 Å². The number of fused-ring (bicyclic) bond motifs is 1. The first-order valence-electron chi connectivity index (χ1n) is 6.58. The van der Waals surface area contributed by atoms with Crippen molar-refractivity contribution in [1.82, 2.24) is 9.88 Å². The molecule has 1 aromatic rings. The molecule has 1 fully saturated rings. The third-order valence-corrected chi connectivity index (χ3v) is 5.41. The first-order valence-corrected chi connectivity index (χ1v) is 8.40. The number of Topliss-reactive ketones (excluding diaryl/α,β-unsaturated/α-hetero) is 1. The molecule has 1 aliphatic heterocycles. The van der Waals surface area contributed by atoms with E-state index in [1.807, 2.05) is 11.0 Å². The Labute approximate surface area is 122 Å². The van der Waals surface area contributed by atoms with Crippen LogP contribution in [0.5, 0.6) is 0 Å². The molecule has 0 radical (unpaired) electrons. The normalized spacial score (nSPS) is 20.9. The Balaban J connectivity index is 2.09. The topological polar surface area (TPSA) is 91.1 Å². The zero-order chi connectivity index (χ0) is 15.0. The van der Waals surface area contributed by atoms with Crippen molar-refractivity contribution in [3.05, 3.63) is 35.2 Å². The van der Waals surface area contributed by atoms with E-state index >= 15 is 0 Å². The fraction of sp³-hybridized carbons (Fsp3) is 0.357. The molecular formula is C14H13N3O3S. The van der Waals surface area contributed by atoms with E-state index in [-0.39, 0.29) is 29.3 Å². The number of allylic oxidation sites excluding steroid dienone is 1. The first-order chi connectivity index (χ1) is 10.0. The highest BCUT2D eigenvalue weighted by atomic mass is 32.2. The van der Waals surface area contributed by atoms with E-state index in [9.17, 15) is 18.5 Å². The van der Waals surface area contributed by atoms with Crippen LogP contribution in [-0.4, -0.2) is 48.7 Å². The van der Waals surface area contributed by atoms with E-state index in [0.29, 0.717) is 18.8 Å². The van der Waals surface area contributed by atoms with Gasteiger partial charge in [-0.1, -0.05) is 0 Å². The summed E-state index contributed by atoms with van der Waals surface area (Å²) in [5, 5.41) is 9.30. The summed E-state index contributed by atoms with van der Waals surface area (Å²) in [5.74, 6) is -0.144. The molecule has 7 heteroatoms.